The molecule has 0 unspecified atom stereocenters. The highest BCUT2D eigenvalue weighted by molar-refractivity contribution is 6.16. The molecule has 0 spiro atoms. The molecule has 0 heterocycles. The molecule has 1 N–H and O–H groups in total. The number of hydrogen-bond acceptors (Lipinski definition) is 2. The van der Waals surface area contributed by atoms with E-state index in [9.17, 15) is 0 Å². The Bertz CT molecular complexity index is 108. The van der Waals surface area contributed by atoms with Crippen molar-refractivity contribution in [1.82, 2.24) is 0 Å². The van der Waals surface area contributed by atoms with Crippen molar-refractivity contribution in [3.63, 3.8) is 0 Å². The van der Waals surface area contributed by atoms with E-state index in [1.807, 2.05) is 26.8 Å². The quantitative estimate of drug-likeness (QED) is 0.556. The number of ether oxygens (including phenoxy) is 1. The molecule has 0 aliphatic heterocycles. The molecule has 0 saturated heterocycles. The summed E-state index contributed by atoms with van der Waals surface area (Å²) in [7, 11) is 3.56. The lowest BCUT2D eigenvalue weighted by Gasteiger charge is -2.23. The average molecular weight is 142 g/mol. The van der Waals surface area contributed by atoms with Crippen LogP contribution < -0.4 is 0 Å². The lowest BCUT2D eigenvalue weighted by atomic mass is 10.0. The van der Waals surface area contributed by atoms with Crippen molar-refractivity contribution in [2.75, 3.05) is 13.7 Å². The molecule has 1 atom stereocenters. The van der Waals surface area contributed by atoms with E-state index >= 15 is 0 Å². The summed E-state index contributed by atoms with van der Waals surface area (Å²) in [5, 5.41) is 8.85. The standard InChI is InChI=1S/C7H15BO2/c1-7(6-9,10-2)4-3-5-8/h3,5,9H,4,6,8H2,1-2H3/b5-3+/t7-/m0/s1. The third-order valence-electron chi connectivity index (χ3n) is 1.61. The molecule has 0 aliphatic rings. The summed E-state index contributed by atoms with van der Waals surface area (Å²) < 4.78 is 5.09. The second kappa shape index (κ2) is 4.53. The van der Waals surface area contributed by atoms with E-state index in [1.165, 1.54) is 0 Å². The Balaban J connectivity index is 3.80. The molecule has 0 aliphatic carbocycles. The van der Waals surface area contributed by atoms with Gasteiger partial charge in [-0.1, -0.05) is 6.08 Å². The monoisotopic (exact) mass is 142 g/mol. The van der Waals surface area contributed by atoms with Crippen LogP contribution in [0, 0.1) is 0 Å². The molecule has 0 aromatic carbocycles. The number of aliphatic hydroxyl groups is 1. The van der Waals surface area contributed by atoms with E-state index in [-0.39, 0.29) is 6.61 Å². The van der Waals surface area contributed by atoms with Crippen LogP contribution in [0.1, 0.15) is 13.3 Å². The van der Waals surface area contributed by atoms with Gasteiger partial charge in [0, 0.05) is 7.11 Å². The lowest BCUT2D eigenvalue weighted by molar-refractivity contribution is -0.0348. The van der Waals surface area contributed by atoms with Crippen LogP contribution in [0.15, 0.2) is 12.1 Å². The second-order valence-electron chi connectivity index (χ2n) is 2.59. The van der Waals surface area contributed by atoms with Crippen LogP contribution in [0.4, 0.5) is 0 Å². The fraction of sp³-hybridized carbons (Fsp3) is 0.714. The number of hydrogen-bond donors (Lipinski definition) is 1. The van der Waals surface area contributed by atoms with Crippen molar-refractivity contribution in [2.24, 2.45) is 0 Å². The Morgan fingerprint density at radius 1 is 1.70 bits per heavy atom. The highest BCUT2D eigenvalue weighted by Crippen LogP contribution is 2.13. The molecule has 0 bridgehead atoms. The molecule has 0 radical (unpaired) electrons. The molecule has 0 rings (SSSR count). The van der Waals surface area contributed by atoms with E-state index in [0.717, 1.165) is 6.42 Å². The molecule has 0 fully saturated rings. The van der Waals surface area contributed by atoms with Crippen molar-refractivity contribution < 1.29 is 9.84 Å². The Morgan fingerprint density at radius 3 is 2.60 bits per heavy atom. The zero-order valence-corrected chi connectivity index (χ0v) is 6.92. The van der Waals surface area contributed by atoms with Gasteiger partial charge in [-0.05, 0) is 13.3 Å². The largest absolute Gasteiger partial charge is 0.393 e. The molecular weight excluding hydrogens is 127 g/mol. The van der Waals surface area contributed by atoms with Gasteiger partial charge in [0.15, 0.2) is 0 Å². The molecule has 0 aromatic heterocycles. The second-order valence-corrected chi connectivity index (χ2v) is 2.59. The third-order valence-corrected chi connectivity index (χ3v) is 1.61. The predicted molar refractivity (Wildman–Crippen MR) is 44.8 cm³/mol. The lowest BCUT2D eigenvalue weighted by Crippen LogP contribution is -2.30. The summed E-state index contributed by atoms with van der Waals surface area (Å²) in [4.78, 5) is 0. The fourth-order valence-corrected chi connectivity index (χ4v) is 0.580. The minimum Gasteiger partial charge on any atom is -0.393 e. The highest BCUT2D eigenvalue weighted by Gasteiger charge is 2.19. The smallest absolute Gasteiger partial charge is 0.129 e. The maximum Gasteiger partial charge on any atom is 0.129 e. The number of rotatable bonds is 4. The Kier molecular flexibility index (Phi) is 4.40. The zero-order chi connectivity index (χ0) is 8.04. The molecule has 10 heavy (non-hydrogen) atoms. The van der Waals surface area contributed by atoms with Gasteiger partial charge in [0.05, 0.1) is 12.2 Å². The van der Waals surface area contributed by atoms with Crippen molar-refractivity contribution in [2.45, 2.75) is 18.9 Å². The van der Waals surface area contributed by atoms with E-state index < -0.39 is 5.60 Å². The molecule has 58 valence electrons. The molecule has 0 aromatic rings. The Labute approximate surface area is 63.3 Å². The van der Waals surface area contributed by atoms with Crippen LogP contribution >= 0.6 is 0 Å². The Hall–Kier alpha value is -0.275. The first-order valence-corrected chi connectivity index (χ1v) is 3.45. The zero-order valence-electron chi connectivity index (χ0n) is 6.92. The van der Waals surface area contributed by atoms with Gasteiger partial charge >= 0.3 is 0 Å². The number of methoxy groups -OCH3 is 1. The maximum atomic E-state index is 8.85. The molecule has 0 saturated carbocycles. The van der Waals surface area contributed by atoms with Crippen LogP contribution in [0.5, 0.6) is 0 Å². The SMILES string of the molecule is B/C=C/C[C@@](C)(CO)OC. The first-order chi connectivity index (χ1) is 4.68. The summed E-state index contributed by atoms with van der Waals surface area (Å²) in [6.45, 7) is 1.95. The third kappa shape index (κ3) is 3.04. The topological polar surface area (TPSA) is 29.5 Å². The molecular formula is C7H15BO2. The van der Waals surface area contributed by atoms with Gasteiger partial charge in [-0.25, -0.2) is 0 Å². The highest BCUT2D eigenvalue weighted by atomic mass is 16.5. The van der Waals surface area contributed by atoms with Crippen molar-refractivity contribution in [3.8, 4) is 0 Å². The molecule has 2 nitrogen and oxygen atoms in total. The summed E-state index contributed by atoms with van der Waals surface area (Å²) >= 11 is 0. The van der Waals surface area contributed by atoms with E-state index in [1.54, 1.807) is 7.11 Å². The van der Waals surface area contributed by atoms with Crippen LogP contribution in [-0.4, -0.2) is 32.3 Å². The molecule has 0 amide bonds. The van der Waals surface area contributed by atoms with Gasteiger partial charge in [-0.15, -0.1) is 5.98 Å². The van der Waals surface area contributed by atoms with Gasteiger partial charge in [-0.3, -0.25) is 0 Å². The minimum atomic E-state index is -0.396. The summed E-state index contributed by atoms with van der Waals surface area (Å²) in [6.07, 6.45) is 2.75. The van der Waals surface area contributed by atoms with Crippen molar-refractivity contribution in [1.29, 1.82) is 0 Å². The average Bonchev–Trinajstić information content (AvgIpc) is 2.00. The van der Waals surface area contributed by atoms with E-state index in [2.05, 4.69) is 0 Å². The van der Waals surface area contributed by atoms with Crippen molar-refractivity contribution in [3.05, 3.63) is 12.1 Å². The minimum absolute atomic E-state index is 0.0633. The normalized spacial score (nSPS) is 17.5. The van der Waals surface area contributed by atoms with Crippen LogP contribution in [0.25, 0.3) is 0 Å². The first-order valence-electron chi connectivity index (χ1n) is 3.45. The summed E-state index contributed by atoms with van der Waals surface area (Å²) in [5.41, 5.74) is -0.396. The van der Waals surface area contributed by atoms with E-state index in [0.29, 0.717) is 0 Å². The van der Waals surface area contributed by atoms with Gasteiger partial charge in [0.1, 0.15) is 7.85 Å². The van der Waals surface area contributed by atoms with Crippen molar-refractivity contribution >= 4 is 7.85 Å². The van der Waals surface area contributed by atoms with Crippen LogP contribution in [-0.2, 0) is 4.74 Å². The van der Waals surface area contributed by atoms with Gasteiger partial charge < -0.3 is 9.84 Å². The van der Waals surface area contributed by atoms with Gasteiger partial charge in [0.2, 0.25) is 0 Å². The first kappa shape index (κ1) is 9.72. The summed E-state index contributed by atoms with van der Waals surface area (Å²) in [5.74, 6) is 1.95. The maximum absolute atomic E-state index is 8.85. The van der Waals surface area contributed by atoms with E-state index in [4.69, 9.17) is 9.84 Å². The predicted octanol–water partition coefficient (Wildman–Crippen LogP) is -0.0793. The van der Waals surface area contributed by atoms with Gasteiger partial charge in [0.25, 0.3) is 0 Å². The summed E-state index contributed by atoms with van der Waals surface area (Å²) in [6, 6.07) is 0. The molecule has 3 heteroatoms. The van der Waals surface area contributed by atoms with Gasteiger partial charge in [-0.2, -0.15) is 0 Å². The number of aliphatic hydroxyl groups excluding tert-OH is 1. The Morgan fingerprint density at radius 2 is 2.30 bits per heavy atom. The van der Waals surface area contributed by atoms with Crippen LogP contribution in [0.2, 0.25) is 0 Å². The fourth-order valence-electron chi connectivity index (χ4n) is 0.580. The van der Waals surface area contributed by atoms with Crippen LogP contribution in [0.3, 0.4) is 0 Å².